The van der Waals surface area contributed by atoms with Gasteiger partial charge in [-0.2, -0.15) is 0 Å². The standard InChI is InChI=1S/4H2O.2O.3Zn.H2/h4*1H2;;;;;;1H/p-2/i;;;;;;;;;1+1D. The third kappa shape index (κ3) is 290. The maximum Gasteiger partial charge on any atom is 0 e. The van der Waals surface area contributed by atoms with Gasteiger partial charge in [-0.15, -0.1) is 0 Å². The van der Waals surface area contributed by atoms with Crippen molar-refractivity contribution in [3.63, 3.8) is 0 Å². The summed E-state index contributed by atoms with van der Waals surface area (Å²) in [4.78, 5) is 0. The summed E-state index contributed by atoms with van der Waals surface area (Å²) in [6.45, 7) is 0. The number of hydrogen-bond donors (Lipinski definition) is 0. The molecule has 0 aromatic heterocycles. The minimum atomic E-state index is 0. The summed E-state index contributed by atoms with van der Waals surface area (Å²) in [5, 5.41) is 0. The molecule has 0 rings (SSSR count). The zero-order chi connectivity index (χ0) is 6.00. The summed E-state index contributed by atoms with van der Waals surface area (Å²) >= 11 is 0.250. The van der Waals surface area contributed by atoms with Crippen molar-refractivity contribution >= 4 is 0 Å². The molecule has 6 nitrogen and oxygen atoms in total. The molecule has 6 N–H and O–H groups in total. The van der Waals surface area contributed by atoms with Gasteiger partial charge in [-0.05, 0) is 0 Å². The SMILES string of the molecule is O.O.[2H][2H].[OH-].[OH-].[O]=[Zn].[O]=[Zn].[Zn]. The van der Waals surface area contributed by atoms with Crippen LogP contribution in [0.2, 0.25) is 0 Å². The molecule has 0 saturated carbocycles. The molecule has 0 saturated heterocycles. The zero-order valence-electron chi connectivity index (χ0n) is 6.83. The van der Waals surface area contributed by atoms with Crippen molar-refractivity contribution in [2.45, 2.75) is 0 Å². The molecule has 0 unspecified atom stereocenters. The van der Waals surface area contributed by atoms with E-state index >= 15 is 0 Å². The predicted octanol–water partition coefficient (Wildman–Crippen LogP) is -2.00. The number of rotatable bonds is 0. The van der Waals surface area contributed by atoms with E-state index in [1.165, 1.54) is 0 Å². The second kappa shape index (κ2) is 375. The fourth-order valence-corrected chi connectivity index (χ4v) is 0. The van der Waals surface area contributed by atoms with Crippen LogP contribution >= 0.6 is 0 Å². The van der Waals surface area contributed by atoms with E-state index in [1.807, 2.05) is 0 Å². The smallest absolute Gasteiger partial charge is 0 e. The molecule has 0 atom stereocenters. The Morgan fingerprint density at radius 3 is 0.889 bits per heavy atom. The summed E-state index contributed by atoms with van der Waals surface area (Å²) in [7, 11) is 0. The average Bonchev–Trinajstić information content (AvgIpc) is 1.81. The van der Waals surface area contributed by atoms with Crippen LogP contribution in [0.4, 0.5) is 0 Å². The Hall–Kier alpha value is 1.31. The van der Waals surface area contributed by atoms with Gasteiger partial charge in [0.1, 0.15) is 0 Å². The van der Waals surface area contributed by atoms with Gasteiger partial charge in [-0.1, -0.05) is 0 Å². The summed E-state index contributed by atoms with van der Waals surface area (Å²) in [6.07, 6.45) is 0. The molecule has 0 aromatic carbocycles. The Morgan fingerprint density at radius 2 is 0.889 bits per heavy atom. The van der Waals surface area contributed by atoms with Gasteiger partial charge in [-0.3, -0.25) is 0 Å². The van der Waals surface area contributed by atoms with E-state index in [4.69, 9.17) is 10.1 Å². The molecule has 0 fully saturated rings. The third-order valence-corrected chi connectivity index (χ3v) is 0. The van der Waals surface area contributed by atoms with Crippen LogP contribution in [0.25, 0.3) is 0 Å². The first kappa shape index (κ1) is 48.1. The molecular formula is H8O6Zn3-2. The van der Waals surface area contributed by atoms with Crippen LogP contribution in [-0.4, -0.2) is 21.9 Å². The maximum absolute atomic E-state index is 8.38. The summed E-state index contributed by atoms with van der Waals surface area (Å²) < 4.78 is 26.8. The average molecular weight is 302 g/mol. The van der Waals surface area contributed by atoms with Gasteiger partial charge in [0.2, 0.25) is 0 Å². The molecular weight excluding hydrogens is 292 g/mol. The first-order valence-corrected chi connectivity index (χ1v) is 3.00. The molecule has 9 heteroatoms. The molecule has 0 amide bonds. The normalized spacial score (nSPS) is 2.22. The molecule has 0 spiro atoms. The van der Waals surface area contributed by atoms with E-state index in [1.54, 1.807) is 0 Å². The van der Waals surface area contributed by atoms with Crippen LogP contribution in [0.5, 0.6) is 0 Å². The van der Waals surface area contributed by atoms with E-state index in [-0.39, 0.29) is 77.9 Å². The van der Waals surface area contributed by atoms with E-state index in [2.05, 4.69) is 0 Å². The molecule has 52 valence electrons. The van der Waals surface area contributed by atoms with Crippen LogP contribution in [0.3, 0.4) is 0 Å². The summed E-state index contributed by atoms with van der Waals surface area (Å²) in [5.74, 6) is 0. The fraction of sp³-hybridized carbons (Fsp3) is 0. The molecule has 0 radical (unpaired) electrons. The molecule has 0 aliphatic carbocycles. The van der Waals surface area contributed by atoms with Crippen molar-refractivity contribution in [3.8, 4) is 0 Å². The van der Waals surface area contributed by atoms with Gasteiger partial charge in [0, 0.05) is 22.4 Å². The molecule has 0 heterocycles. The Labute approximate surface area is 87.7 Å². The van der Waals surface area contributed by atoms with E-state index < -0.39 is 0 Å². The minimum absolute atomic E-state index is 0. The van der Waals surface area contributed by atoms with Crippen molar-refractivity contribution in [2.75, 3.05) is 0 Å². The van der Waals surface area contributed by atoms with Crippen LogP contribution in [0.15, 0.2) is 0 Å². The van der Waals surface area contributed by atoms with E-state index in [9.17, 15) is 0 Å². The van der Waals surface area contributed by atoms with Crippen LogP contribution in [-0.2, 0) is 63.1 Å². The predicted molar refractivity (Wildman–Crippen MR) is 14.6 cm³/mol. The van der Waals surface area contributed by atoms with Crippen molar-refractivity contribution in [3.05, 3.63) is 0 Å². The maximum atomic E-state index is 8.38. The fourth-order valence-electron chi connectivity index (χ4n) is 0. The third-order valence-electron chi connectivity index (χ3n) is 0. The van der Waals surface area contributed by atoms with Crippen LogP contribution in [0.1, 0.15) is 2.97 Å². The largest absolute Gasteiger partial charge is 0 e. The van der Waals surface area contributed by atoms with Crippen LogP contribution < -0.4 is 0 Å². The number of hydrogen-bond acceptors (Lipinski definition) is 4. The van der Waals surface area contributed by atoms with Crippen molar-refractivity contribution in [1.29, 1.82) is 0 Å². The van der Waals surface area contributed by atoms with Gasteiger partial charge >= 0.3 is 43.7 Å². The Bertz CT molecular complexity index is 17.8. The minimum Gasteiger partial charge on any atom is 0 e. The van der Waals surface area contributed by atoms with Gasteiger partial charge in [0.25, 0.3) is 0 Å². The van der Waals surface area contributed by atoms with Crippen molar-refractivity contribution in [1.82, 2.24) is 0 Å². The molecule has 0 aliphatic rings. The van der Waals surface area contributed by atoms with Crippen molar-refractivity contribution in [2.24, 2.45) is 0 Å². The van der Waals surface area contributed by atoms with Gasteiger partial charge in [-0.25, -0.2) is 0 Å². The molecule has 9 heavy (non-hydrogen) atoms. The Morgan fingerprint density at radius 1 is 0.889 bits per heavy atom. The van der Waals surface area contributed by atoms with Crippen LogP contribution in [0, 0.1) is 0 Å². The van der Waals surface area contributed by atoms with Crippen molar-refractivity contribution < 1.29 is 88.0 Å². The van der Waals surface area contributed by atoms with E-state index in [0.29, 0.717) is 0 Å². The first-order valence-electron chi connectivity index (χ1n) is 1.58. The van der Waals surface area contributed by atoms with Gasteiger partial charge in [0.05, 0.1) is 0 Å². The quantitative estimate of drug-likeness (QED) is 0.474. The summed E-state index contributed by atoms with van der Waals surface area (Å²) in [5.41, 5.74) is 0. The second-order valence-corrected chi connectivity index (χ2v) is 0. The van der Waals surface area contributed by atoms with Gasteiger partial charge < -0.3 is 21.9 Å². The zero-order valence-corrected chi connectivity index (χ0v) is 13.7. The topological polar surface area (TPSA) is 157 Å². The first-order chi connectivity index (χ1) is 3.00. The Balaban J connectivity index is -0.00000000167. The summed E-state index contributed by atoms with van der Waals surface area (Å²) in [6, 6.07) is 0. The monoisotopic (exact) mass is 298 g/mol. The molecule has 0 bridgehead atoms. The second-order valence-electron chi connectivity index (χ2n) is 0. The Kier molecular flexibility index (Phi) is 2000. The molecule has 0 aromatic rings. The van der Waals surface area contributed by atoms with Gasteiger partial charge in [0.15, 0.2) is 0 Å². The molecule has 0 aliphatic heterocycles. The van der Waals surface area contributed by atoms with E-state index in [0.717, 1.165) is 0 Å².